The number of aryl methyl sites for hydroxylation is 2. The molecule has 0 fully saturated rings. The topological polar surface area (TPSA) is 56.6 Å². The Balaban J connectivity index is 0.00000176. The molecule has 1 aliphatic rings. The van der Waals surface area contributed by atoms with Gasteiger partial charge in [-0.15, -0.1) is 0 Å². The number of alkyl halides is 2. The van der Waals surface area contributed by atoms with Crippen LogP contribution >= 0.6 is 0 Å². The van der Waals surface area contributed by atoms with E-state index < -0.39 is 18.1 Å². The molecular weight excluding hydrogens is 464 g/mol. The molecule has 3 aromatic rings. The van der Waals surface area contributed by atoms with Gasteiger partial charge in [-0.25, -0.2) is 13.6 Å². The first-order valence-corrected chi connectivity index (χ1v) is 12.2. The van der Waals surface area contributed by atoms with Gasteiger partial charge in [0.2, 0.25) is 0 Å². The summed E-state index contributed by atoms with van der Waals surface area (Å²) in [4.78, 5) is 14.3. The second-order valence-electron chi connectivity index (χ2n) is 9.49. The zero-order valence-electron chi connectivity index (χ0n) is 22.1. The third kappa shape index (κ3) is 6.04. The number of hydrogen-bond donors (Lipinski definition) is 0. The van der Waals surface area contributed by atoms with Gasteiger partial charge in [0, 0.05) is 29.9 Å². The lowest BCUT2D eigenvalue weighted by molar-refractivity contribution is 0.0225. The van der Waals surface area contributed by atoms with Gasteiger partial charge in [-0.2, -0.15) is 5.10 Å². The van der Waals surface area contributed by atoms with E-state index in [0.29, 0.717) is 41.2 Å². The highest BCUT2D eigenvalue weighted by atomic mass is 19.3. The van der Waals surface area contributed by atoms with Crippen molar-refractivity contribution in [3.8, 4) is 28.0 Å². The first kappa shape index (κ1) is 27.2. The monoisotopic (exact) mass is 499 g/mol. The molecular formula is C28H35F2N3O3. The smallest absolute Gasteiger partial charge is 0.410 e. The van der Waals surface area contributed by atoms with Crippen LogP contribution in [0.2, 0.25) is 0 Å². The first-order chi connectivity index (χ1) is 17.0. The van der Waals surface area contributed by atoms with E-state index >= 15 is 0 Å². The minimum atomic E-state index is -2.68. The molecule has 4 rings (SSSR count). The zero-order valence-corrected chi connectivity index (χ0v) is 22.1. The average Bonchev–Trinajstić information content (AvgIpc) is 3.13. The molecule has 2 heterocycles. The maximum atomic E-state index is 14.5. The van der Waals surface area contributed by atoms with Crippen molar-refractivity contribution in [2.24, 2.45) is 7.05 Å². The summed E-state index contributed by atoms with van der Waals surface area (Å²) in [5.41, 5.74) is 3.03. The number of halogens is 2. The second-order valence-corrected chi connectivity index (χ2v) is 9.49. The molecule has 0 atom stereocenters. The molecule has 8 heteroatoms. The molecule has 2 aromatic carbocycles. The van der Waals surface area contributed by atoms with Crippen molar-refractivity contribution in [1.29, 1.82) is 0 Å². The van der Waals surface area contributed by atoms with Crippen molar-refractivity contribution in [3.05, 3.63) is 59.4 Å². The number of fused-ring (bicyclic) bond motifs is 1. The maximum absolute atomic E-state index is 14.5. The Morgan fingerprint density at radius 1 is 1.14 bits per heavy atom. The maximum Gasteiger partial charge on any atom is 0.410 e. The van der Waals surface area contributed by atoms with Crippen LogP contribution in [0, 0.1) is 6.92 Å². The third-order valence-electron chi connectivity index (χ3n) is 5.67. The number of benzene rings is 2. The van der Waals surface area contributed by atoms with E-state index in [4.69, 9.17) is 9.47 Å². The van der Waals surface area contributed by atoms with E-state index in [1.54, 1.807) is 47.2 Å². The SMILES string of the molecule is CC.Cc1ccc(-c2cnn(C)c2)c(C(F)F)c1-c1ccc2c(c1)CN(C(=O)OC(C)(C)C)CCO2. The number of nitrogens with zero attached hydrogens (tertiary/aromatic N) is 3. The van der Waals surface area contributed by atoms with Crippen molar-refractivity contribution in [3.63, 3.8) is 0 Å². The Labute approximate surface area is 211 Å². The predicted octanol–water partition coefficient (Wildman–Crippen LogP) is 7.16. The fourth-order valence-corrected chi connectivity index (χ4v) is 4.18. The number of carbonyl (C=O) groups excluding carboxylic acids is 1. The van der Waals surface area contributed by atoms with Crippen LogP contribution in [-0.4, -0.2) is 39.5 Å². The normalized spacial score (nSPS) is 13.3. The molecule has 0 aliphatic carbocycles. The van der Waals surface area contributed by atoms with E-state index in [1.165, 1.54) is 0 Å². The highest BCUT2D eigenvalue weighted by Gasteiger charge is 2.27. The van der Waals surface area contributed by atoms with Gasteiger partial charge in [0.1, 0.15) is 18.0 Å². The lowest BCUT2D eigenvalue weighted by atomic mass is 9.89. The van der Waals surface area contributed by atoms with Crippen LogP contribution in [0.4, 0.5) is 13.6 Å². The molecule has 194 valence electrons. The first-order valence-electron chi connectivity index (χ1n) is 12.2. The molecule has 0 unspecified atom stereocenters. The van der Waals surface area contributed by atoms with Crippen LogP contribution in [0.3, 0.4) is 0 Å². The molecule has 36 heavy (non-hydrogen) atoms. The van der Waals surface area contributed by atoms with Gasteiger partial charge in [-0.1, -0.05) is 32.0 Å². The minimum Gasteiger partial charge on any atom is -0.491 e. The Hall–Kier alpha value is -3.42. The van der Waals surface area contributed by atoms with E-state index in [-0.39, 0.29) is 12.1 Å². The molecule has 1 amide bonds. The summed E-state index contributed by atoms with van der Waals surface area (Å²) < 4.78 is 41.9. The summed E-state index contributed by atoms with van der Waals surface area (Å²) in [6, 6.07) is 8.98. The fourth-order valence-electron chi connectivity index (χ4n) is 4.18. The fraction of sp³-hybridized carbons (Fsp3) is 0.429. The number of hydrogen-bond acceptors (Lipinski definition) is 4. The Kier molecular flexibility index (Phi) is 8.38. The zero-order chi connectivity index (χ0) is 26.6. The van der Waals surface area contributed by atoms with E-state index in [9.17, 15) is 13.6 Å². The molecule has 0 saturated carbocycles. The quantitative estimate of drug-likeness (QED) is 0.384. The molecule has 0 N–H and O–H groups in total. The standard InChI is InChI=1S/C26H29F2N3O3.C2H6/c1-16-6-8-20(19-13-29-30(5)14-19)23(24(27)28)22(16)17-7-9-21-18(12-17)15-31(10-11-33-21)25(32)34-26(2,3)4;1-2/h6-9,12-14,24H,10-11,15H2,1-5H3;1-2H3. The largest absolute Gasteiger partial charge is 0.491 e. The lowest BCUT2D eigenvalue weighted by Crippen LogP contribution is -2.37. The lowest BCUT2D eigenvalue weighted by Gasteiger charge is -2.26. The van der Waals surface area contributed by atoms with Crippen molar-refractivity contribution < 1.29 is 23.0 Å². The Morgan fingerprint density at radius 2 is 1.86 bits per heavy atom. The highest BCUT2D eigenvalue weighted by Crippen LogP contribution is 2.42. The molecule has 1 aromatic heterocycles. The van der Waals surface area contributed by atoms with E-state index in [2.05, 4.69) is 5.10 Å². The Bertz CT molecular complexity index is 1220. The summed E-state index contributed by atoms with van der Waals surface area (Å²) in [5.74, 6) is 0.634. The summed E-state index contributed by atoms with van der Waals surface area (Å²) in [7, 11) is 1.75. The van der Waals surface area contributed by atoms with Gasteiger partial charge >= 0.3 is 6.09 Å². The average molecular weight is 500 g/mol. The van der Waals surface area contributed by atoms with Crippen molar-refractivity contribution in [2.75, 3.05) is 13.2 Å². The van der Waals surface area contributed by atoms with Crippen LogP contribution in [0.25, 0.3) is 22.3 Å². The molecule has 6 nitrogen and oxygen atoms in total. The van der Waals surface area contributed by atoms with Crippen LogP contribution in [0.1, 0.15) is 57.7 Å². The van der Waals surface area contributed by atoms with Gasteiger partial charge in [0.25, 0.3) is 6.43 Å². The number of carbonyl (C=O) groups is 1. The molecule has 0 radical (unpaired) electrons. The highest BCUT2D eigenvalue weighted by molar-refractivity contribution is 5.81. The second kappa shape index (κ2) is 11.1. The summed E-state index contributed by atoms with van der Waals surface area (Å²) >= 11 is 0. The summed E-state index contributed by atoms with van der Waals surface area (Å²) in [6.07, 6.45) is 0.198. The van der Waals surface area contributed by atoms with Gasteiger partial charge in [0.05, 0.1) is 19.3 Å². The number of rotatable bonds is 3. The van der Waals surface area contributed by atoms with Crippen LogP contribution in [-0.2, 0) is 18.3 Å². The Morgan fingerprint density at radius 3 is 2.47 bits per heavy atom. The van der Waals surface area contributed by atoms with Gasteiger partial charge in [-0.3, -0.25) is 4.68 Å². The number of aromatic nitrogens is 2. The molecule has 0 spiro atoms. The minimum absolute atomic E-state index is 0.0357. The van der Waals surface area contributed by atoms with Crippen molar-refractivity contribution in [1.82, 2.24) is 14.7 Å². The summed E-state index contributed by atoms with van der Waals surface area (Å²) in [5, 5.41) is 4.14. The molecule has 0 bridgehead atoms. The summed E-state index contributed by atoms with van der Waals surface area (Å²) in [6.45, 7) is 12.2. The van der Waals surface area contributed by atoms with Gasteiger partial charge < -0.3 is 14.4 Å². The van der Waals surface area contributed by atoms with Crippen LogP contribution in [0.15, 0.2) is 42.7 Å². The van der Waals surface area contributed by atoms with Gasteiger partial charge in [-0.05, 0) is 62.1 Å². The van der Waals surface area contributed by atoms with E-state index in [1.807, 2.05) is 53.7 Å². The molecule has 1 aliphatic heterocycles. The van der Waals surface area contributed by atoms with Crippen LogP contribution < -0.4 is 4.74 Å². The number of ether oxygens (including phenoxy) is 2. The van der Waals surface area contributed by atoms with Crippen molar-refractivity contribution in [2.45, 2.75) is 60.1 Å². The van der Waals surface area contributed by atoms with Crippen LogP contribution in [0.5, 0.6) is 5.75 Å². The van der Waals surface area contributed by atoms with E-state index in [0.717, 1.165) is 11.1 Å². The van der Waals surface area contributed by atoms with Crippen molar-refractivity contribution >= 4 is 6.09 Å². The predicted molar refractivity (Wildman–Crippen MR) is 137 cm³/mol. The number of amides is 1. The molecule has 0 saturated heterocycles. The van der Waals surface area contributed by atoms with Gasteiger partial charge in [0.15, 0.2) is 0 Å². The third-order valence-corrected chi connectivity index (χ3v) is 5.67.